The Hall–Kier alpha value is 0.0300. The second-order valence-corrected chi connectivity index (χ2v) is 2.71. The topological polar surface area (TPSA) is 82.8 Å². The van der Waals surface area contributed by atoms with Crippen molar-refractivity contribution in [3.63, 3.8) is 0 Å². The molecule has 1 heterocycles. The molecule has 0 aromatic heterocycles. The third-order valence-corrected chi connectivity index (χ3v) is 1.32. The van der Waals surface area contributed by atoms with Crippen LogP contribution in [0.4, 0.5) is 0 Å². The molecule has 0 amide bonds. The lowest BCUT2D eigenvalue weighted by molar-refractivity contribution is -0.662. The van der Waals surface area contributed by atoms with Gasteiger partial charge in [0.25, 0.3) is 0 Å². The van der Waals surface area contributed by atoms with E-state index in [1.807, 2.05) is 0 Å². The first-order valence-electron chi connectivity index (χ1n) is 3.39. The van der Waals surface area contributed by atoms with Crippen molar-refractivity contribution >= 4 is 11.3 Å². The fourth-order valence-corrected chi connectivity index (χ4v) is 0.898. The number of quaternary nitrogens is 1. The van der Waals surface area contributed by atoms with Gasteiger partial charge in [-0.25, -0.2) is 0 Å². The zero-order chi connectivity index (χ0) is 7.82. The van der Waals surface area contributed by atoms with E-state index in [9.17, 15) is 0 Å². The maximum atomic E-state index is 8.78. The Labute approximate surface area is 63.6 Å². The summed E-state index contributed by atoms with van der Waals surface area (Å²) in [5, 5.41) is 6.42. The van der Waals surface area contributed by atoms with Gasteiger partial charge in [-0.05, 0) is 19.3 Å². The lowest BCUT2D eigenvalue weighted by atomic mass is 10.2. The van der Waals surface area contributed by atoms with Gasteiger partial charge >= 0.3 is 0 Å². The van der Waals surface area contributed by atoms with Crippen LogP contribution in [0.1, 0.15) is 19.3 Å². The average molecular weight is 166 g/mol. The van der Waals surface area contributed by atoms with E-state index in [1.54, 1.807) is 0 Å². The Kier molecular flexibility index (Phi) is 7.16. The summed E-state index contributed by atoms with van der Waals surface area (Å²) in [7, 11) is 0. The van der Waals surface area contributed by atoms with Crippen molar-refractivity contribution < 1.29 is 14.1 Å². The van der Waals surface area contributed by atoms with E-state index in [0.717, 1.165) is 0 Å². The first-order valence-corrected chi connectivity index (χ1v) is 4.52. The Morgan fingerprint density at radius 3 is 1.80 bits per heavy atom. The van der Waals surface area contributed by atoms with E-state index in [0.29, 0.717) is 0 Å². The average Bonchev–Trinajstić information content (AvgIpc) is 1.90. The molecule has 0 spiro atoms. The number of hydrogen-bond donors (Lipinski definition) is 2. The summed E-state index contributed by atoms with van der Waals surface area (Å²) in [4.78, 5) is 0. The first-order chi connectivity index (χ1) is 4.73. The van der Waals surface area contributed by atoms with Gasteiger partial charge in [-0.1, -0.05) is 0 Å². The van der Waals surface area contributed by atoms with Crippen molar-refractivity contribution in [2.45, 2.75) is 19.3 Å². The molecule has 1 aliphatic rings. The van der Waals surface area contributed by atoms with Crippen LogP contribution in [-0.4, -0.2) is 21.9 Å². The van der Waals surface area contributed by atoms with E-state index in [2.05, 4.69) is 10.5 Å². The van der Waals surface area contributed by atoms with Crippen LogP contribution in [0.15, 0.2) is 0 Å². The fraction of sp³-hybridized carbons (Fsp3) is 1.00. The van der Waals surface area contributed by atoms with Crippen LogP contribution in [-0.2, 0) is 11.3 Å². The summed E-state index contributed by atoms with van der Waals surface area (Å²) in [6, 6.07) is 0. The van der Waals surface area contributed by atoms with Gasteiger partial charge in [0, 0.05) is 11.3 Å². The Bertz CT molecular complexity index is 80.1. The zero-order valence-corrected chi connectivity index (χ0v) is 6.73. The van der Waals surface area contributed by atoms with Crippen LogP contribution in [0.3, 0.4) is 0 Å². The quantitative estimate of drug-likeness (QED) is 0.428. The SMILES string of the molecule is C1CC[NH2+]CC1.NS(=O)[O-]. The number of rotatable bonds is 0. The van der Waals surface area contributed by atoms with Gasteiger partial charge in [-0.15, -0.1) is 0 Å². The normalized spacial score (nSPS) is 20.6. The van der Waals surface area contributed by atoms with Gasteiger partial charge in [-0.2, -0.15) is 0 Å². The lowest BCUT2D eigenvalue weighted by Crippen LogP contribution is -2.85. The summed E-state index contributed by atoms with van der Waals surface area (Å²) in [5.41, 5.74) is 0. The smallest absolute Gasteiger partial charge is 0.0755 e. The predicted octanol–water partition coefficient (Wildman–Crippen LogP) is -1.53. The maximum Gasteiger partial charge on any atom is 0.0755 e. The van der Waals surface area contributed by atoms with Crippen molar-refractivity contribution in [1.29, 1.82) is 0 Å². The molecule has 0 radical (unpaired) electrons. The molecule has 1 saturated heterocycles. The highest BCUT2D eigenvalue weighted by molar-refractivity contribution is 7.76. The van der Waals surface area contributed by atoms with Crippen molar-refractivity contribution in [1.82, 2.24) is 0 Å². The zero-order valence-electron chi connectivity index (χ0n) is 5.91. The summed E-state index contributed by atoms with van der Waals surface area (Å²) in [6.45, 7) is 2.75. The highest BCUT2D eigenvalue weighted by atomic mass is 32.2. The third kappa shape index (κ3) is 10.9. The lowest BCUT2D eigenvalue weighted by Gasteiger charge is -2.05. The molecule has 0 aliphatic carbocycles. The number of piperidine rings is 1. The summed E-state index contributed by atoms with van der Waals surface area (Å²) in [5.74, 6) is 0. The number of nitrogens with two attached hydrogens (primary N) is 2. The molecule has 5 heteroatoms. The Morgan fingerprint density at radius 1 is 1.30 bits per heavy atom. The van der Waals surface area contributed by atoms with E-state index in [-0.39, 0.29) is 0 Å². The molecule has 0 aromatic carbocycles. The van der Waals surface area contributed by atoms with Crippen LogP contribution < -0.4 is 10.5 Å². The minimum Gasteiger partial charge on any atom is -0.760 e. The molecule has 1 unspecified atom stereocenters. The van der Waals surface area contributed by atoms with E-state index in [1.165, 1.54) is 32.4 Å². The molecule has 1 aliphatic heterocycles. The van der Waals surface area contributed by atoms with Gasteiger partial charge in [0.15, 0.2) is 0 Å². The van der Waals surface area contributed by atoms with Crippen LogP contribution in [0.25, 0.3) is 0 Å². The first kappa shape index (κ1) is 10.0. The predicted molar refractivity (Wildman–Crippen MR) is 38.6 cm³/mol. The van der Waals surface area contributed by atoms with E-state index >= 15 is 0 Å². The monoisotopic (exact) mass is 166 g/mol. The molecule has 10 heavy (non-hydrogen) atoms. The molecule has 0 aromatic rings. The van der Waals surface area contributed by atoms with Crippen molar-refractivity contribution in [3.8, 4) is 0 Å². The molecular formula is C5H14N2O2S. The van der Waals surface area contributed by atoms with Gasteiger partial charge in [0.2, 0.25) is 0 Å². The molecule has 0 bridgehead atoms. The second-order valence-electron chi connectivity index (χ2n) is 2.19. The summed E-state index contributed by atoms with van der Waals surface area (Å²) < 4.78 is 17.6. The van der Waals surface area contributed by atoms with Crippen LogP contribution >= 0.6 is 0 Å². The molecule has 1 fully saturated rings. The Balaban J connectivity index is 0.000000180. The summed E-state index contributed by atoms with van der Waals surface area (Å²) in [6.07, 6.45) is 4.36. The number of hydrogen-bond acceptors (Lipinski definition) is 2. The highest BCUT2D eigenvalue weighted by Crippen LogP contribution is 1.91. The molecule has 4 N–H and O–H groups in total. The van der Waals surface area contributed by atoms with E-state index < -0.39 is 11.3 Å². The third-order valence-electron chi connectivity index (χ3n) is 1.32. The fourth-order valence-electron chi connectivity index (χ4n) is 0.898. The van der Waals surface area contributed by atoms with Gasteiger partial charge in [0.05, 0.1) is 13.1 Å². The Morgan fingerprint density at radius 2 is 1.70 bits per heavy atom. The van der Waals surface area contributed by atoms with Gasteiger partial charge < -0.3 is 9.87 Å². The second kappa shape index (κ2) is 7.14. The minimum atomic E-state index is -2.36. The largest absolute Gasteiger partial charge is 0.760 e. The molecular weight excluding hydrogens is 152 g/mol. The summed E-state index contributed by atoms with van der Waals surface area (Å²) >= 11 is -2.36. The van der Waals surface area contributed by atoms with Gasteiger partial charge in [0.1, 0.15) is 0 Å². The molecule has 0 saturated carbocycles. The highest BCUT2D eigenvalue weighted by Gasteiger charge is 1.97. The molecule has 1 rings (SSSR count). The molecule has 62 valence electrons. The van der Waals surface area contributed by atoms with E-state index in [4.69, 9.17) is 8.76 Å². The van der Waals surface area contributed by atoms with Gasteiger partial charge in [-0.3, -0.25) is 9.35 Å². The van der Waals surface area contributed by atoms with Crippen molar-refractivity contribution in [3.05, 3.63) is 0 Å². The van der Waals surface area contributed by atoms with Crippen molar-refractivity contribution in [2.75, 3.05) is 13.1 Å². The maximum absolute atomic E-state index is 8.78. The molecule has 1 atom stereocenters. The minimum absolute atomic E-state index is 1.38. The molecule has 4 nitrogen and oxygen atoms in total. The standard InChI is InChI=1S/C5H11N.H3NO2S/c1-2-4-6-5-3-1;1-4(2)3/h6H,1-5H2;1H2,(H,2,3). The van der Waals surface area contributed by atoms with Crippen molar-refractivity contribution in [2.24, 2.45) is 5.14 Å². The van der Waals surface area contributed by atoms with Crippen LogP contribution in [0.2, 0.25) is 0 Å². The van der Waals surface area contributed by atoms with Crippen LogP contribution in [0.5, 0.6) is 0 Å². The van der Waals surface area contributed by atoms with Crippen LogP contribution in [0, 0.1) is 0 Å².